The second kappa shape index (κ2) is 9.21. The van der Waals surface area contributed by atoms with E-state index in [4.69, 9.17) is 23.4 Å². The highest BCUT2D eigenvalue weighted by Gasteiger charge is 2.31. The summed E-state index contributed by atoms with van der Waals surface area (Å²) in [6.07, 6.45) is -4.48. The Morgan fingerprint density at radius 1 is 0.969 bits per heavy atom. The molecule has 0 unspecified atom stereocenters. The van der Waals surface area contributed by atoms with Crippen molar-refractivity contribution >= 4 is 5.97 Å². The number of benzene rings is 2. The quantitative estimate of drug-likeness (QED) is 0.455. The summed E-state index contributed by atoms with van der Waals surface area (Å²) >= 11 is 0. The van der Waals surface area contributed by atoms with E-state index in [1.54, 1.807) is 19.1 Å². The lowest BCUT2D eigenvalue weighted by Gasteiger charge is -2.13. The van der Waals surface area contributed by atoms with Crippen LogP contribution in [0.4, 0.5) is 13.2 Å². The molecule has 2 aromatic carbocycles. The van der Waals surface area contributed by atoms with Crippen LogP contribution in [0.5, 0.6) is 17.2 Å². The van der Waals surface area contributed by atoms with Gasteiger partial charge in [-0.15, -0.1) is 0 Å². The van der Waals surface area contributed by atoms with Crippen LogP contribution in [-0.4, -0.2) is 38.9 Å². The van der Waals surface area contributed by atoms with Gasteiger partial charge in [0, 0.05) is 11.1 Å². The standard InChI is InChI=1S/C22H20F3NO6/c1-5-31-21(27)17-18(13-10-15(28-2)19(30-4)16(11-13)29-3)32-20(26-17)12-6-8-14(9-7-12)22(23,24)25/h6-11H,5H2,1-4H3. The number of hydrogen-bond donors (Lipinski definition) is 0. The summed E-state index contributed by atoms with van der Waals surface area (Å²) in [6, 6.07) is 7.35. The third-order valence-corrected chi connectivity index (χ3v) is 4.48. The Labute approximate surface area is 181 Å². The van der Waals surface area contributed by atoms with Crippen LogP contribution < -0.4 is 14.2 Å². The summed E-state index contributed by atoms with van der Waals surface area (Å²) in [7, 11) is 4.31. The summed E-state index contributed by atoms with van der Waals surface area (Å²) < 4.78 is 65.5. The second-order valence-electron chi connectivity index (χ2n) is 6.41. The van der Waals surface area contributed by atoms with Gasteiger partial charge < -0.3 is 23.4 Å². The number of rotatable bonds is 7. The molecule has 0 amide bonds. The Hall–Kier alpha value is -3.69. The minimum absolute atomic E-state index is 0.0394. The average Bonchev–Trinajstić information content (AvgIpc) is 3.23. The number of carbonyl (C=O) groups excluding carboxylic acids is 1. The average molecular weight is 451 g/mol. The molecule has 3 aromatic rings. The zero-order chi connectivity index (χ0) is 23.5. The molecule has 0 atom stereocenters. The van der Waals surface area contributed by atoms with Crippen LogP contribution in [0.2, 0.25) is 0 Å². The number of carbonyl (C=O) groups is 1. The van der Waals surface area contributed by atoms with Crippen molar-refractivity contribution in [2.75, 3.05) is 27.9 Å². The number of alkyl halides is 3. The van der Waals surface area contributed by atoms with Crippen molar-refractivity contribution < 1.29 is 41.3 Å². The Morgan fingerprint density at radius 2 is 1.56 bits per heavy atom. The van der Waals surface area contributed by atoms with Crippen LogP contribution >= 0.6 is 0 Å². The summed E-state index contributed by atoms with van der Waals surface area (Å²) in [5, 5.41) is 0. The second-order valence-corrected chi connectivity index (χ2v) is 6.41. The maximum absolute atomic E-state index is 12.9. The van der Waals surface area contributed by atoms with Gasteiger partial charge >= 0.3 is 12.1 Å². The molecule has 0 aliphatic carbocycles. The van der Waals surface area contributed by atoms with Gasteiger partial charge in [0.2, 0.25) is 11.6 Å². The van der Waals surface area contributed by atoms with E-state index in [-0.39, 0.29) is 29.5 Å². The van der Waals surface area contributed by atoms with Crippen molar-refractivity contribution in [1.29, 1.82) is 0 Å². The van der Waals surface area contributed by atoms with Gasteiger partial charge in [0.05, 0.1) is 33.5 Å². The molecule has 0 fully saturated rings. The number of hydrogen-bond acceptors (Lipinski definition) is 7. The smallest absolute Gasteiger partial charge is 0.416 e. The zero-order valence-corrected chi connectivity index (χ0v) is 17.7. The minimum Gasteiger partial charge on any atom is -0.493 e. The molecule has 1 aromatic heterocycles. The van der Waals surface area contributed by atoms with Crippen LogP contribution in [0.1, 0.15) is 23.0 Å². The Bertz CT molecular complexity index is 1080. The van der Waals surface area contributed by atoms with Crippen molar-refractivity contribution in [3.63, 3.8) is 0 Å². The third kappa shape index (κ3) is 4.48. The molecule has 7 nitrogen and oxygen atoms in total. The highest BCUT2D eigenvalue weighted by Crippen LogP contribution is 2.43. The third-order valence-electron chi connectivity index (χ3n) is 4.48. The first-order chi connectivity index (χ1) is 15.2. The zero-order valence-electron chi connectivity index (χ0n) is 17.7. The van der Waals surface area contributed by atoms with Crippen molar-refractivity contribution in [1.82, 2.24) is 4.98 Å². The van der Waals surface area contributed by atoms with Gasteiger partial charge in [-0.05, 0) is 43.3 Å². The van der Waals surface area contributed by atoms with E-state index in [1.165, 1.54) is 33.5 Å². The summed E-state index contributed by atoms with van der Waals surface area (Å²) in [5.41, 5.74) is -0.338. The molecule has 1 heterocycles. The molecular weight excluding hydrogens is 431 g/mol. The maximum atomic E-state index is 12.9. The lowest BCUT2D eigenvalue weighted by molar-refractivity contribution is -0.137. The van der Waals surface area contributed by atoms with E-state index in [2.05, 4.69) is 4.98 Å². The molecule has 0 saturated heterocycles. The van der Waals surface area contributed by atoms with Crippen molar-refractivity contribution in [3.05, 3.63) is 47.7 Å². The van der Waals surface area contributed by atoms with Gasteiger partial charge in [-0.1, -0.05) is 0 Å². The molecular formula is C22H20F3NO6. The van der Waals surface area contributed by atoms with E-state index in [0.29, 0.717) is 22.8 Å². The summed E-state index contributed by atoms with van der Waals surface area (Å²) in [4.78, 5) is 16.7. The van der Waals surface area contributed by atoms with Gasteiger partial charge in [-0.3, -0.25) is 0 Å². The highest BCUT2D eigenvalue weighted by molar-refractivity contribution is 5.95. The fraction of sp³-hybridized carbons (Fsp3) is 0.273. The predicted molar refractivity (Wildman–Crippen MR) is 108 cm³/mol. The van der Waals surface area contributed by atoms with Gasteiger partial charge in [-0.2, -0.15) is 13.2 Å². The monoisotopic (exact) mass is 451 g/mol. The largest absolute Gasteiger partial charge is 0.493 e. The fourth-order valence-corrected chi connectivity index (χ4v) is 2.99. The Morgan fingerprint density at radius 3 is 2.03 bits per heavy atom. The number of nitrogens with zero attached hydrogens (tertiary/aromatic N) is 1. The normalized spacial score (nSPS) is 11.2. The molecule has 0 radical (unpaired) electrons. The SMILES string of the molecule is CCOC(=O)c1nc(-c2ccc(C(F)(F)F)cc2)oc1-c1cc(OC)c(OC)c(OC)c1. The number of esters is 1. The first kappa shape index (κ1) is 23.0. The highest BCUT2D eigenvalue weighted by atomic mass is 19.4. The molecule has 0 N–H and O–H groups in total. The minimum atomic E-state index is -4.48. The molecule has 32 heavy (non-hydrogen) atoms. The number of methoxy groups -OCH3 is 3. The number of aromatic nitrogens is 1. The van der Waals surface area contributed by atoms with Crippen LogP contribution in [0.25, 0.3) is 22.8 Å². The van der Waals surface area contributed by atoms with Crippen molar-refractivity contribution in [3.8, 4) is 40.0 Å². The van der Waals surface area contributed by atoms with E-state index in [0.717, 1.165) is 12.1 Å². The number of oxazole rings is 1. The van der Waals surface area contributed by atoms with Gasteiger partial charge in [0.15, 0.2) is 23.0 Å². The first-order valence-electron chi connectivity index (χ1n) is 9.39. The van der Waals surface area contributed by atoms with E-state index < -0.39 is 17.7 Å². The van der Waals surface area contributed by atoms with Crippen LogP contribution in [0.3, 0.4) is 0 Å². The van der Waals surface area contributed by atoms with Crippen LogP contribution in [0.15, 0.2) is 40.8 Å². The molecule has 10 heteroatoms. The Kier molecular flexibility index (Phi) is 6.61. The molecule has 170 valence electrons. The maximum Gasteiger partial charge on any atom is 0.416 e. The van der Waals surface area contributed by atoms with Crippen molar-refractivity contribution in [2.45, 2.75) is 13.1 Å². The lowest BCUT2D eigenvalue weighted by Crippen LogP contribution is -2.07. The van der Waals surface area contributed by atoms with Gasteiger partial charge in [0.25, 0.3) is 0 Å². The molecule has 0 bridgehead atoms. The predicted octanol–water partition coefficient (Wildman–Crippen LogP) is 5.23. The molecule has 0 aliphatic heterocycles. The van der Waals surface area contributed by atoms with E-state index >= 15 is 0 Å². The van der Waals surface area contributed by atoms with Crippen LogP contribution in [-0.2, 0) is 10.9 Å². The topological polar surface area (TPSA) is 80.0 Å². The number of ether oxygens (including phenoxy) is 4. The molecule has 3 rings (SSSR count). The van der Waals surface area contributed by atoms with E-state index in [9.17, 15) is 18.0 Å². The van der Waals surface area contributed by atoms with E-state index in [1.807, 2.05) is 0 Å². The summed E-state index contributed by atoms with van der Waals surface area (Å²) in [5.74, 6) is 0.188. The van der Waals surface area contributed by atoms with Crippen LogP contribution in [0, 0.1) is 0 Å². The fourth-order valence-electron chi connectivity index (χ4n) is 2.99. The number of halogens is 3. The molecule has 0 spiro atoms. The molecule has 0 aliphatic rings. The van der Waals surface area contributed by atoms with Gasteiger partial charge in [0.1, 0.15) is 0 Å². The van der Waals surface area contributed by atoms with Crippen molar-refractivity contribution in [2.24, 2.45) is 0 Å². The van der Waals surface area contributed by atoms with Gasteiger partial charge in [-0.25, -0.2) is 9.78 Å². The summed E-state index contributed by atoms with van der Waals surface area (Å²) in [6.45, 7) is 1.73. The Balaban J connectivity index is 2.16. The lowest BCUT2D eigenvalue weighted by atomic mass is 10.1. The molecule has 0 saturated carbocycles. The first-order valence-corrected chi connectivity index (χ1v) is 9.39.